The number of anilines is 2. The molecule has 7 nitrogen and oxygen atoms in total. The van der Waals surface area contributed by atoms with Gasteiger partial charge in [-0.1, -0.05) is 0 Å². The van der Waals surface area contributed by atoms with Crippen molar-refractivity contribution in [3.05, 3.63) is 49.1 Å². The summed E-state index contributed by atoms with van der Waals surface area (Å²) in [6.45, 7) is 3.58. The quantitative estimate of drug-likeness (QED) is 0.607. The summed E-state index contributed by atoms with van der Waals surface area (Å²) < 4.78 is 0. The summed E-state index contributed by atoms with van der Waals surface area (Å²) in [6.07, 6.45) is 7.25. The number of rotatable bonds is 2. The average Bonchev–Trinajstić information content (AvgIpc) is 3.06. The highest BCUT2D eigenvalue weighted by atomic mass is 15.3. The third-order valence-corrected chi connectivity index (χ3v) is 4.68. The summed E-state index contributed by atoms with van der Waals surface area (Å²) in [5.41, 5.74) is 1.98. The van der Waals surface area contributed by atoms with Gasteiger partial charge < -0.3 is 14.8 Å². The highest BCUT2D eigenvalue weighted by Gasteiger charge is 2.20. The molecule has 7 heteroatoms. The van der Waals surface area contributed by atoms with Crippen LogP contribution in [0.5, 0.6) is 0 Å². The van der Waals surface area contributed by atoms with Crippen molar-refractivity contribution in [2.24, 2.45) is 0 Å². The maximum Gasteiger partial charge on any atom is 0.225 e. The van der Waals surface area contributed by atoms with E-state index in [-0.39, 0.29) is 0 Å². The van der Waals surface area contributed by atoms with E-state index in [1.807, 2.05) is 18.3 Å². The first-order valence-electron chi connectivity index (χ1n) is 8.38. The Kier molecular flexibility index (Phi) is 3.22. The van der Waals surface area contributed by atoms with Crippen molar-refractivity contribution in [3.63, 3.8) is 0 Å². The Hall–Kier alpha value is -3.22. The number of nitrogens with zero attached hydrogens (tertiary/aromatic N) is 6. The number of hydrogen-bond acceptors (Lipinski definition) is 6. The lowest BCUT2D eigenvalue weighted by Crippen LogP contribution is -2.47. The largest absolute Gasteiger partial charge is 0.353 e. The Labute approximate surface area is 144 Å². The molecule has 0 radical (unpaired) electrons. The van der Waals surface area contributed by atoms with Crippen LogP contribution in [0.25, 0.3) is 21.9 Å². The van der Waals surface area contributed by atoms with E-state index in [0.29, 0.717) is 0 Å². The van der Waals surface area contributed by atoms with E-state index in [2.05, 4.69) is 41.9 Å². The zero-order chi connectivity index (χ0) is 16.6. The molecular formula is C18H17N7. The molecule has 1 aliphatic rings. The SMILES string of the molecule is c1cnc(N2CCN(c3ccc4c(n3)[nH]c3ccncc34)CC2)nc1. The van der Waals surface area contributed by atoms with Crippen molar-refractivity contribution < 1.29 is 0 Å². The van der Waals surface area contributed by atoms with E-state index in [1.54, 1.807) is 18.6 Å². The first-order valence-corrected chi connectivity index (χ1v) is 8.38. The first kappa shape index (κ1) is 14.2. The van der Waals surface area contributed by atoms with Crippen LogP contribution in [0.2, 0.25) is 0 Å². The van der Waals surface area contributed by atoms with Crippen molar-refractivity contribution >= 4 is 33.7 Å². The molecule has 5 rings (SSSR count). The van der Waals surface area contributed by atoms with Gasteiger partial charge in [-0.15, -0.1) is 0 Å². The van der Waals surface area contributed by atoms with Crippen LogP contribution in [0, 0.1) is 0 Å². The molecule has 4 aromatic rings. The molecule has 1 aliphatic heterocycles. The summed E-state index contributed by atoms with van der Waals surface area (Å²) in [5.74, 6) is 1.80. The Morgan fingerprint density at radius 3 is 2.48 bits per heavy atom. The molecule has 0 bridgehead atoms. The maximum atomic E-state index is 4.83. The molecule has 25 heavy (non-hydrogen) atoms. The van der Waals surface area contributed by atoms with Crippen LogP contribution in [-0.4, -0.2) is 51.1 Å². The van der Waals surface area contributed by atoms with Gasteiger partial charge in [0.2, 0.25) is 5.95 Å². The smallest absolute Gasteiger partial charge is 0.225 e. The summed E-state index contributed by atoms with van der Waals surface area (Å²) in [7, 11) is 0. The fourth-order valence-corrected chi connectivity index (χ4v) is 3.37. The van der Waals surface area contributed by atoms with Gasteiger partial charge in [0.25, 0.3) is 0 Å². The van der Waals surface area contributed by atoms with Crippen LogP contribution in [0.4, 0.5) is 11.8 Å². The van der Waals surface area contributed by atoms with Crippen molar-refractivity contribution in [2.75, 3.05) is 36.0 Å². The fourth-order valence-electron chi connectivity index (χ4n) is 3.37. The summed E-state index contributed by atoms with van der Waals surface area (Å²) in [5, 5.41) is 2.23. The highest BCUT2D eigenvalue weighted by Crippen LogP contribution is 2.26. The van der Waals surface area contributed by atoms with E-state index < -0.39 is 0 Å². The molecule has 4 aromatic heterocycles. The standard InChI is InChI=1S/C18H17N7/c1-5-20-18(21-6-1)25-10-8-24(9-11-25)16-3-2-13-14-12-19-7-4-15(14)22-17(13)23-16/h1-7,12H,8-11H2,(H,22,23). The van der Waals surface area contributed by atoms with Crippen molar-refractivity contribution in [2.45, 2.75) is 0 Å². The van der Waals surface area contributed by atoms with Crippen LogP contribution >= 0.6 is 0 Å². The zero-order valence-corrected chi connectivity index (χ0v) is 13.6. The van der Waals surface area contributed by atoms with Crippen LogP contribution < -0.4 is 9.80 Å². The monoisotopic (exact) mass is 331 g/mol. The molecule has 1 fully saturated rings. The third-order valence-electron chi connectivity index (χ3n) is 4.68. The Bertz CT molecular complexity index is 1020. The molecule has 0 atom stereocenters. The maximum absolute atomic E-state index is 4.83. The molecule has 0 unspecified atom stereocenters. The average molecular weight is 331 g/mol. The lowest BCUT2D eigenvalue weighted by molar-refractivity contribution is 0.635. The minimum atomic E-state index is 0.800. The Morgan fingerprint density at radius 1 is 0.840 bits per heavy atom. The van der Waals surface area contributed by atoms with Gasteiger partial charge in [-0.25, -0.2) is 15.0 Å². The molecule has 0 spiro atoms. The number of piperazine rings is 1. The normalized spacial score (nSPS) is 15.2. The van der Waals surface area contributed by atoms with E-state index in [4.69, 9.17) is 4.98 Å². The molecule has 0 amide bonds. The molecule has 5 heterocycles. The number of fused-ring (bicyclic) bond motifs is 3. The number of aromatic amines is 1. The van der Waals surface area contributed by atoms with Gasteiger partial charge in [-0.3, -0.25) is 4.98 Å². The zero-order valence-electron chi connectivity index (χ0n) is 13.6. The summed E-state index contributed by atoms with van der Waals surface area (Å²) >= 11 is 0. The van der Waals surface area contributed by atoms with Crippen LogP contribution in [0.1, 0.15) is 0 Å². The van der Waals surface area contributed by atoms with E-state index in [1.165, 1.54) is 0 Å². The number of H-pyrrole nitrogens is 1. The van der Waals surface area contributed by atoms with Crippen LogP contribution in [-0.2, 0) is 0 Å². The van der Waals surface area contributed by atoms with E-state index >= 15 is 0 Å². The van der Waals surface area contributed by atoms with E-state index in [0.717, 1.165) is 59.9 Å². The summed E-state index contributed by atoms with van der Waals surface area (Å²) in [4.78, 5) is 25.6. The predicted octanol–water partition coefficient (Wildman–Crippen LogP) is 2.23. The highest BCUT2D eigenvalue weighted by molar-refractivity contribution is 6.05. The molecule has 0 aliphatic carbocycles. The molecule has 1 N–H and O–H groups in total. The molecule has 1 saturated heterocycles. The van der Waals surface area contributed by atoms with Crippen LogP contribution in [0.15, 0.2) is 49.1 Å². The van der Waals surface area contributed by atoms with Gasteiger partial charge in [-0.2, -0.15) is 0 Å². The minimum Gasteiger partial charge on any atom is -0.353 e. The van der Waals surface area contributed by atoms with Gasteiger partial charge in [0.1, 0.15) is 11.5 Å². The van der Waals surface area contributed by atoms with Crippen molar-refractivity contribution in [1.29, 1.82) is 0 Å². The number of hydrogen-bond donors (Lipinski definition) is 1. The fraction of sp³-hybridized carbons (Fsp3) is 0.222. The lowest BCUT2D eigenvalue weighted by Gasteiger charge is -2.35. The Balaban J connectivity index is 1.40. The second kappa shape index (κ2) is 5.70. The van der Waals surface area contributed by atoms with Gasteiger partial charge in [0, 0.05) is 61.7 Å². The van der Waals surface area contributed by atoms with Gasteiger partial charge in [0.15, 0.2) is 0 Å². The second-order valence-electron chi connectivity index (χ2n) is 6.13. The lowest BCUT2D eigenvalue weighted by atomic mass is 10.2. The second-order valence-corrected chi connectivity index (χ2v) is 6.13. The first-order chi connectivity index (χ1) is 12.4. The summed E-state index contributed by atoms with van der Waals surface area (Å²) in [6, 6.07) is 8.05. The number of nitrogens with one attached hydrogen (secondary N) is 1. The minimum absolute atomic E-state index is 0.800. The molecule has 0 saturated carbocycles. The van der Waals surface area contributed by atoms with Gasteiger partial charge in [-0.05, 0) is 24.3 Å². The van der Waals surface area contributed by atoms with Gasteiger partial charge >= 0.3 is 0 Å². The molecular weight excluding hydrogens is 314 g/mol. The van der Waals surface area contributed by atoms with Crippen LogP contribution in [0.3, 0.4) is 0 Å². The number of pyridine rings is 2. The topological polar surface area (TPSA) is 73.8 Å². The van der Waals surface area contributed by atoms with E-state index in [9.17, 15) is 0 Å². The van der Waals surface area contributed by atoms with Crippen molar-refractivity contribution in [1.82, 2.24) is 24.9 Å². The third kappa shape index (κ3) is 2.44. The number of aromatic nitrogens is 5. The van der Waals surface area contributed by atoms with Crippen molar-refractivity contribution in [3.8, 4) is 0 Å². The molecule has 124 valence electrons. The van der Waals surface area contributed by atoms with Gasteiger partial charge in [0.05, 0.1) is 5.52 Å². The predicted molar refractivity (Wildman–Crippen MR) is 97.9 cm³/mol. The molecule has 0 aromatic carbocycles. The Morgan fingerprint density at radius 2 is 1.64 bits per heavy atom.